The maximum Gasteiger partial charge on any atom is 0.308 e. The van der Waals surface area contributed by atoms with Crippen molar-refractivity contribution in [1.82, 2.24) is 5.32 Å². The van der Waals surface area contributed by atoms with Gasteiger partial charge in [-0.05, 0) is 43.9 Å². The lowest BCUT2D eigenvalue weighted by molar-refractivity contribution is -0.144. The maximum atomic E-state index is 11.4. The Kier molecular flexibility index (Phi) is 3.97. The first-order valence-electron chi connectivity index (χ1n) is 7.19. The van der Waals surface area contributed by atoms with Crippen molar-refractivity contribution in [1.29, 1.82) is 0 Å². The highest BCUT2D eigenvalue weighted by Crippen LogP contribution is 2.48. The third-order valence-corrected chi connectivity index (χ3v) is 5.18. The molecule has 0 aliphatic heterocycles. The fourth-order valence-corrected chi connectivity index (χ4v) is 3.75. The van der Waals surface area contributed by atoms with E-state index < -0.39 is 11.6 Å². The first kappa shape index (κ1) is 13.8. The van der Waals surface area contributed by atoms with Crippen LogP contribution >= 0.6 is 0 Å². The summed E-state index contributed by atoms with van der Waals surface area (Å²) in [6.07, 6.45) is 4.66. The number of hydrogen-bond donors (Lipinski definition) is 3. The van der Waals surface area contributed by atoms with Crippen molar-refractivity contribution in [3.63, 3.8) is 0 Å². The Morgan fingerprint density at radius 3 is 2.44 bits per heavy atom. The van der Waals surface area contributed by atoms with Crippen LogP contribution in [0.15, 0.2) is 0 Å². The van der Waals surface area contributed by atoms with Gasteiger partial charge in [-0.3, -0.25) is 4.79 Å². The highest BCUT2D eigenvalue weighted by Gasteiger charge is 2.51. The van der Waals surface area contributed by atoms with E-state index in [2.05, 4.69) is 5.32 Å². The summed E-state index contributed by atoms with van der Waals surface area (Å²) in [5, 5.41) is 23.0. The zero-order valence-corrected chi connectivity index (χ0v) is 11.4. The van der Waals surface area contributed by atoms with Crippen molar-refractivity contribution in [3.8, 4) is 0 Å². The van der Waals surface area contributed by atoms with Gasteiger partial charge in [0, 0.05) is 12.6 Å². The average Bonchev–Trinajstić information content (AvgIpc) is 2.95. The standard InChI is InChI=1S/C14H25NO3/c1-3-14(18,4-2)8-15-12-10-6-5-9(7-10)11(12)13(16)17/h9-12,15,18H,3-8H2,1-2H3,(H,16,17). The Balaban J connectivity index is 1.98. The van der Waals surface area contributed by atoms with Crippen LogP contribution in [0.5, 0.6) is 0 Å². The molecule has 2 bridgehead atoms. The summed E-state index contributed by atoms with van der Waals surface area (Å²) >= 11 is 0. The Bertz CT molecular complexity index is 314. The van der Waals surface area contributed by atoms with E-state index in [0.29, 0.717) is 31.2 Å². The molecule has 2 saturated carbocycles. The van der Waals surface area contributed by atoms with E-state index >= 15 is 0 Å². The predicted molar refractivity (Wildman–Crippen MR) is 69.3 cm³/mol. The topological polar surface area (TPSA) is 69.6 Å². The van der Waals surface area contributed by atoms with Gasteiger partial charge in [-0.1, -0.05) is 13.8 Å². The Morgan fingerprint density at radius 2 is 1.89 bits per heavy atom. The van der Waals surface area contributed by atoms with Crippen molar-refractivity contribution in [2.45, 2.75) is 57.6 Å². The van der Waals surface area contributed by atoms with Gasteiger partial charge in [-0.15, -0.1) is 0 Å². The number of hydrogen-bond acceptors (Lipinski definition) is 3. The third-order valence-electron chi connectivity index (χ3n) is 5.18. The molecule has 4 atom stereocenters. The summed E-state index contributed by atoms with van der Waals surface area (Å²) in [5.74, 6) is -0.0756. The van der Waals surface area contributed by atoms with E-state index in [9.17, 15) is 15.0 Å². The Hall–Kier alpha value is -0.610. The summed E-state index contributed by atoms with van der Waals surface area (Å²) in [6.45, 7) is 4.46. The number of carboxylic acids is 1. The molecule has 0 aromatic heterocycles. The second-order valence-electron chi connectivity index (χ2n) is 6.04. The van der Waals surface area contributed by atoms with Gasteiger partial charge < -0.3 is 15.5 Å². The van der Waals surface area contributed by atoms with Gasteiger partial charge in [0.25, 0.3) is 0 Å². The lowest BCUT2D eigenvalue weighted by Crippen LogP contribution is -2.50. The number of carboxylic acid groups (broad SMARTS) is 1. The highest BCUT2D eigenvalue weighted by molar-refractivity contribution is 5.72. The number of fused-ring (bicyclic) bond motifs is 2. The lowest BCUT2D eigenvalue weighted by atomic mass is 9.84. The fourth-order valence-electron chi connectivity index (χ4n) is 3.75. The quantitative estimate of drug-likeness (QED) is 0.674. The largest absolute Gasteiger partial charge is 0.481 e. The molecule has 2 rings (SSSR count). The number of rotatable bonds is 6. The summed E-state index contributed by atoms with van der Waals surface area (Å²) in [5.41, 5.74) is -0.690. The molecule has 104 valence electrons. The minimum atomic E-state index is -0.690. The zero-order valence-electron chi connectivity index (χ0n) is 11.4. The molecule has 0 spiro atoms. The zero-order chi connectivity index (χ0) is 13.3. The molecular formula is C14H25NO3. The van der Waals surface area contributed by atoms with Crippen LogP contribution in [0.25, 0.3) is 0 Å². The van der Waals surface area contributed by atoms with E-state index in [1.54, 1.807) is 0 Å². The van der Waals surface area contributed by atoms with Crippen LogP contribution < -0.4 is 5.32 Å². The van der Waals surface area contributed by atoms with Crippen LogP contribution in [0.4, 0.5) is 0 Å². The third kappa shape index (κ3) is 2.41. The number of aliphatic hydroxyl groups is 1. The molecule has 0 heterocycles. The Labute approximate surface area is 109 Å². The summed E-state index contributed by atoms with van der Waals surface area (Å²) < 4.78 is 0. The molecule has 0 saturated heterocycles. The van der Waals surface area contributed by atoms with Crippen molar-refractivity contribution in [2.24, 2.45) is 17.8 Å². The van der Waals surface area contributed by atoms with Crippen LogP contribution in [0.2, 0.25) is 0 Å². The van der Waals surface area contributed by atoms with Gasteiger partial charge in [0.05, 0.1) is 11.5 Å². The van der Waals surface area contributed by atoms with E-state index in [-0.39, 0.29) is 12.0 Å². The fraction of sp³-hybridized carbons (Fsp3) is 0.929. The smallest absolute Gasteiger partial charge is 0.308 e. The van der Waals surface area contributed by atoms with Crippen molar-refractivity contribution in [3.05, 3.63) is 0 Å². The second kappa shape index (κ2) is 5.17. The minimum Gasteiger partial charge on any atom is -0.481 e. The number of carbonyl (C=O) groups is 1. The molecule has 4 nitrogen and oxygen atoms in total. The van der Waals surface area contributed by atoms with Gasteiger partial charge in [0.2, 0.25) is 0 Å². The van der Waals surface area contributed by atoms with E-state index in [0.717, 1.165) is 19.3 Å². The maximum absolute atomic E-state index is 11.4. The Morgan fingerprint density at radius 1 is 1.28 bits per heavy atom. The summed E-state index contributed by atoms with van der Waals surface area (Å²) in [4.78, 5) is 11.4. The molecule has 0 aromatic rings. The molecule has 3 N–H and O–H groups in total. The molecular weight excluding hydrogens is 230 g/mol. The first-order chi connectivity index (χ1) is 8.50. The van der Waals surface area contributed by atoms with Crippen LogP contribution in [0.3, 0.4) is 0 Å². The average molecular weight is 255 g/mol. The molecule has 0 aromatic carbocycles. The molecule has 2 aliphatic carbocycles. The van der Waals surface area contributed by atoms with E-state index in [1.165, 1.54) is 0 Å². The molecule has 0 amide bonds. The number of nitrogens with one attached hydrogen (secondary N) is 1. The minimum absolute atomic E-state index is 0.0610. The normalized spacial score (nSPS) is 35.1. The number of aliphatic carboxylic acids is 1. The van der Waals surface area contributed by atoms with Gasteiger partial charge >= 0.3 is 5.97 Å². The second-order valence-corrected chi connectivity index (χ2v) is 6.04. The summed E-state index contributed by atoms with van der Waals surface area (Å²) in [7, 11) is 0. The first-order valence-corrected chi connectivity index (χ1v) is 7.19. The molecule has 2 aliphatic rings. The molecule has 4 heteroatoms. The molecule has 2 fully saturated rings. The van der Waals surface area contributed by atoms with Crippen molar-refractivity contribution < 1.29 is 15.0 Å². The van der Waals surface area contributed by atoms with Crippen LogP contribution in [0, 0.1) is 17.8 Å². The van der Waals surface area contributed by atoms with E-state index in [4.69, 9.17) is 0 Å². The molecule has 4 unspecified atom stereocenters. The highest BCUT2D eigenvalue weighted by atomic mass is 16.4. The van der Waals surface area contributed by atoms with Gasteiger partial charge in [-0.25, -0.2) is 0 Å². The van der Waals surface area contributed by atoms with Gasteiger partial charge in [-0.2, -0.15) is 0 Å². The van der Waals surface area contributed by atoms with Gasteiger partial charge in [0.15, 0.2) is 0 Å². The monoisotopic (exact) mass is 255 g/mol. The van der Waals surface area contributed by atoms with Crippen LogP contribution in [-0.2, 0) is 4.79 Å². The van der Waals surface area contributed by atoms with Gasteiger partial charge in [0.1, 0.15) is 0 Å². The lowest BCUT2D eigenvalue weighted by Gasteiger charge is -2.33. The summed E-state index contributed by atoms with van der Waals surface area (Å²) in [6, 6.07) is 0.0610. The van der Waals surface area contributed by atoms with E-state index in [1.807, 2.05) is 13.8 Å². The SMILES string of the molecule is CCC(O)(CC)CNC1C2CCC(C2)C1C(=O)O. The predicted octanol–water partition coefficient (Wildman–Crippen LogP) is 1.63. The van der Waals surface area contributed by atoms with Crippen molar-refractivity contribution in [2.75, 3.05) is 6.54 Å². The van der Waals surface area contributed by atoms with Crippen LogP contribution in [0.1, 0.15) is 46.0 Å². The van der Waals surface area contributed by atoms with Crippen LogP contribution in [-0.4, -0.2) is 34.4 Å². The molecule has 0 radical (unpaired) electrons. The molecule has 18 heavy (non-hydrogen) atoms. The van der Waals surface area contributed by atoms with Crippen molar-refractivity contribution >= 4 is 5.97 Å².